The van der Waals surface area contributed by atoms with E-state index in [-0.39, 0.29) is 0 Å². The second kappa shape index (κ2) is 5.68. The third kappa shape index (κ3) is 2.98. The van der Waals surface area contributed by atoms with Crippen molar-refractivity contribution in [3.63, 3.8) is 0 Å². The molecule has 1 rings (SSSR count). The van der Waals surface area contributed by atoms with Gasteiger partial charge in [-0.2, -0.15) is 5.26 Å². The highest BCUT2D eigenvalue weighted by Gasteiger charge is 1.95. The summed E-state index contributed by atoms with van der Waals surface area (Å²) in [5.41, 5.74) is 1.73. The van der Waals surface area contributed by atoms with Gasteiger partial charge < -0.3 is 0 Å². The molecule has 0 aliphatic carbocycles. The standard InChI is InChI=1S/C8H7NS.C2H6/c1-6-2-3-8(10)7(4-6)5-9;1-2/h2-4,10H,1H3;1-2H3. The molecule has 64 valence electrons. The number of thiol groups is 1. The van der Waals surface area contributed by atoms with E-state index in [1.54, 1.807) is 0 Å². The average Bonchev–Trinajstić information content (AvgIpc) is 2.13. The molecule has 0 bridgehead atoms. The highest BCUT2D eigenvalue weighted by molar-refractivity contribution is 7.80. The summed E-state index contributed by atoms with van der Waals surface area (Å²) in [4.78, 5) is 0.744. The first-order chi connectivity index (χ1) is 5.74. The summed E-state index contributed by atoms with van der Waals surface area (Å²) in [6.45, 7) is 5.95. The van der Waals surface area contributed by atoms with E-state index in [0.29, 0.717) is 5.56 Å². The molecule has 0 aromatic heterocycles. The van der Waals surface area contributed by atoms with Gasteiger partial charge in [-0.25, -0.2) is 0 Å². The van der Waals surface area contributed by atoms with Gasteiger partial charge in [-0.15, -0.1) is 12.6 Å². The molecule has 2 heteroatoms. The second-order valence-corrected chi connectivity index (χ2v) is 2.61. The first-order valence-electron chi connectivity index (χ1n) is 3.94. The van der Waals surface area contributed by atoms with Gasteiger partial charge in [0.2, 0.25) is 0 Å². The van der Waals surface area contributed by atoms with Crippen molar-refractivity contribution in [2.75, 3.05) is 0 Å². The molecule has 0 spiro atoms. The van der Waals surface area contributed by atoms with Gasteiger partial charge in [0.05, 0.1) is 5.56 Å². The van der Waals surface area contributed by atoms with E-state index in [1.165, 1.54) is 0 Å². The summed E-state index contributed by atoms with van der Waals surface area (Å²) in [6, 6.07) is 7.65. The molecule has 1 aromatic carbocycles. The van der Waals surface area contributed by atoms with Crippen LogP contribution in [0, 0.1) is 18.3 Å². The van der Waals surface area contributed by atoms with Crippen LogP contribution in [0.1, 0.15) is 25.0 Å². The Hall–Kier alpha value is -0.940. The van der Waals surface area contributed by atoms with Gasteiger partial charge in [0.1, 0.15) is 6.07 Å². The number of nitriles is 1. The van der Waals surface area contributed by atoms with Crippen LogP contribution in [0.2, 0.25) is 0 Å². The maximum Gasteiger partial charge on any atom is 0.100 e. The van der Waals surface area contributed by atoms with Gasteiger partial charge in [-0.1, -0.05) is 19.9 Å². The van der Waals surface area contributed by atoms with Crippen LogP contribution in [0.3, 0.4) is 0 Å². The Labute approximate surface area is 79.4 Å². The molecule has 0 N–H and O–H groups in total. The number of hydrogen-bond acceptors (Lipinski definition) is 2. The molecule has 0 unspecified atom stereocenters. The number of aryl methyl sites for hydroxylation is 1. The van der Waals surface area contributed by atoms with Crippen LogP contribution in [-0.2, 0) is 0 Å². The van der Waals surface area contributed by atoms with E-state index in [2.05, 4.69) is 18.7 Å². The van der Waals surface area contributed by atoms with E-state index < -0.39 is 0 Å². The minimum absolute atomic E-state index is 0.642. The van der Waals surface area contributed by atoms with Crippen LogP contribution in [0.15, 0.2) is 23.1 Å². The Balaban J connectivity index is 0.000000561. The van der Waals surface area contributed by atoms with Gasteiger partial charge in [-0.05, 0) is 24.6 Å². The van der Waals surface area contributed by atoms with Crippen LogP contribution in [0.25, 0.3) is 0 Å². The molecule has 1 aromatic rings. The van der Waals surface area contributed by atoms with E-state index in [9.17, 15) is 0 Å². The molecular weight excluding hydrogens is 166 g/mol. The van der Waals surface area contributed by atoms with Crippen LogP contribution in [0.5, 0.6) is 0 Å². The lowest BCUT2D eigenvalue weighted by atomic mass is 10.2. The predicted molar refractivity (Wildman–Crippen MR) is 54.5 cm³/mol. The Morgan fingerprint density at radius 2 is 1.92 bits per heavy atom. The molecule has 0 atom stereocenters. The van der Waals surface area contributed by atoms with Gasteiger partial charge >= 0.3 is 0 Å². The molecule has 0 aliphatic heterocycles. The van der Waals surface area contributed by atoms with Gasteiger partial charge in [-0.3, -0.25) is 0 Å². The molecule has 0 amide bonds. The molecule has 0 aliphatic rings. The van der Waals surface area contributed by atoms with E-state index in [0.717, 1.165) is 10.5 Å². The van der Waals surface area contributed by atoms with Crippen molar-refractivity contribution in [1.29, 1.82) is 5.26 Å². The zero-order valence-electron chi connectivity index (χ0n) is 7.63. The Morgan fingerprint density at radius 3 is 2.33 bits per heavy atom. The van der Waals surface area contributed by atoms with Crippen molar-refractivity contribution in [1.82, 2.24) is 0 Å². The van der Waals surface area contributed by atoms with Crippen LogP contribution in [-0.4, -0.2) is 0 Å². The predicted octanol–water partition coefficient (Wildman–Crippen LogP) is 3.18. The lowest BCUT2D eigenvalue weighted by Gasteiger charge is -1.95. The summed E-state index contributed by atoms with van der Waals surface area (Å²) in [5.74, 6) is 0. The Bertz CT molecular complexity index is 286. The molecule has 0 fully saturated rings. The number of benzene rings is 1. The van der Waals surface area contributed by atoms with Crippen molar-refractivity contribution in [2.24, 2.45) is 0 Å². The van der Waals surface area contributed by atoms with Crippen molar-refractivity contribution < 1.29 is 0 Å². The molecule has 0 radical (unpaired) electrons. The normalized spacial score (nSPS) is 7.92. The monoisotopic (exact) mass is 179 g/mol. The quantitative estimate of drug-likeness (QED) is 0.607. The van der Waals surface area contributed by atoms with E-state index in [4.69, 9.17) is 5.26 Å². The van der Waals surface area contributed by atoms with Gasteiger partial charge in [0, 0.05) is 4.90 Å². The molecule has 0 saturated heterocycles. The molecule has 0 saturated carbocycles. The number of nitrogens with zero attached hydrogens (tertiary/aromatic N) is 1. The maximum absolute atomic E-state index is 8.54. The van der Waals surface area contributed by atoms with Crippen LogP contribution < -0.4 is 0 Å². The zero-order valence-corrected chi connectivity index (χ0v) is 8.52. The fraction of sp³-hybridized carbons (Fsp3) is 0.300. The van der Waals surface area contributed by atoms with E-state index >= 15 is 0 Å². The van der Waals surface area contributed by atoms with Crippen molar-refractivity contribution in [2.45, 2.75) is 25.7 Å². The first kappa shape index (κ1) is 11.1. The van der Waals surface area contributed by atoms with Crippen LogP contribution >= 0.6 is 12.6 Å². The topological polar surface area (TPSA) is 23.8 Å². The Morgan fingerprint density at radius 1 is 1.33 bits per heavy atom. The second-order valence-electron chi connectivity index (χ2n) is 2.13. The average molecular weight is 179 g/mol. The van der Waals surface area contributed by atoms with E-state index in [1.807, 2.05) is 39.0 Å². The minimum atomic E-state index is 0.642. The third-order valence-electron chi connectivity index (χ3n) is 1.27. The van der Waals surface area contributed by atoms with Gasteiger partial charge in [0.15, 0.2) is 0 Å². The van der Waals surface area contributed by atoms with Crippen molar-refractivity contribution in [3.8, 4) is 6.07 Å². The van der Waals surface area contributed by atoms with Gasteiger partial charge in [0.25, 0.3) is 0 Å². The summed E-state index contributed by atoms with van der Waals surface area (Å²) >= 11 is 4.10. The maximum atomic E-state index is 8.54. The summed E-state index contributed by atoms with van der Waals surface area (Å²) in [5, 5.41) is 8.54. The van der Waals surface area contributed by atoms with Crippen molar-refractivity contribution >= 4 is 12.6 Å². The largest absolute Gasteiger partial charge is 0.192 e. The fourth-order valence-electron chi connectivity index (χ4n) is 0.739. The highest BCUT2D eigenvalue weighted by Crippen LogP contribution is 2.13. The van der Waals surface area contributed by atoms with Crippen molar-refractivity contribution in [3.05, 3.63) is 29.3 Å². The summed E-state index contributed by atoms with van der Waals surface area (Å²) < 4.78 is 0. The summed E-state index contributed by atoms with van der Waals surface area (Å²) in [7, 11) is 0. The smallest absolute Gasteiger partial charge is 0.100 e. The highest BCUT2D eigenvalue weighted by atomic mass is 32.1. The third-order valence-corrected chi connectivity index (χ3v) is 1.66. The summed E-state index contributed by atoms with van der Waals surface area (Å²) in [6.07, 6.45) is 0. The minimum Gasteiger partial charge on any atom is -0.192 e. The lowest BCUT2D eigenvalue weighted by Crippen LogP contribution is -1.78. The first-order valence-corrected chi connectivity index (χ1v) is 4.38. The number of rotatable bonds is 0. The lowest BCUT2D eigenvalue weighted by molar-refractivity contribution is 1.33. The molecule has 1 nitrogen and oxygen atoms in total. The number of hydrogen-bond donors (Lipinski definition) is 1. The fourth-order valence-corrected chi connectivity index (χ4v) is 0.929. The molecule has 12 heavy (non-hydrogen) atoms. The Kier molecular flexibility index (Phi) is 5.23. The molecular formula is C10H13NS. The molecule has 0 heterocycles. The zero-order chi connectivity index (χ0) is 9.56. The SMILES string of the molecule is CC.Cc1ccc(S)c(C#N)c1. The van der Waals surface area contributed by atoms with Crippen LogP contribution in [0.4, 0.5) is 0 Å².